The minimum Gasteiger partial charge on any atom is -0.495 e. The molecule has 0 amide bonds. The molecule has 0 fully saturated rings. The molecule has 4 rings (SSSR count). The van der Waals surface area contributed by atoms with Gasteiger partial charge in [-0.2, -0.15) is 0 Å². The van der Waals surface area contributed by atoms with Crippen LogP contribution in [0.5, 0.6) is 5.75 Å². The summed E-state index contributed by atoms with van der Waals surface area (Å²) in [4.78, 5) is 10.6. The normalized spacial score (nSPS) is 11.8. The van der Waals surface area contributed by atoms with Crippen LogP contribution in [0.2, 0.25) is 0 Å². The molecule has 1 N–H and O–H groups in total. The van der Waals surface area contributed by atoms with E-state index in [9.17, 15) is 4.39 Å². The lowest BCUT2D eigenvalue weighted by Gasteiger charge is -2.10. The molecule has 0 unspecified atom stereocenters. The Morgan fingerprint density at radius 2 is 2.16 bits per heavy atom. The summed E-state index contributed by atoms with van der Waals surface area (Å²) in [5.41, 5.74) is 3.12. The quantitative estimate of drug-likeness (QED) is 0.434. The Morgan fingerprint density at radius 1 is 1.32 bits per heavy atom. The summed E-state index contributed by atoms with van der Waals surface area (Å²) in [5, 5.41) is 11.5. The SMILES string of the molecule is C=C(C)S/C(=C\C)c1cc(F)c2nnc(CNc3ccnc4cc(OC)cnc34)n2c1. The van der Waals surface area contributed by atoms with Crippen molar-refractivity contribution in [3.8, 4) is 5.75 Å². The predicted octanol–water partition coefficient (Wildman–Crippen LogP) is 5.06. The van der Waals surface area contributed by atoms with E-state index in [4.69, 9.17) is 4.74 Å². The van der Waals surface area contributed by atoms with Crippen LogP contribution in [0.15, 0.2) is 54.3 Å². The Balaban J connectivity index is 1.66. The highest BCUT2D eigenvalue weighted by Crippen LogP contribution is 2.33. The van der Waals surface area contributed by atoms with Crippen molar-refractivity contribution in [2.45, 2.75) is 20.4 Å². The van der Waals surface area contributed by atoms with Gasteiger partial charge in [0.25, 0.3) is 0 Å². The van der Waals surface area contributed by atoms with E-state index in [1.54, 1.807) is 23.9 Å². The fourth-order valence-electron chi connectivity index (χ4n) is 3.17. The molecule has 0 aliphatic heterocycles. The highest BCUT2D eigenvalue weighted by Gasteiger charge is 2.14. The van der Waals surface area contributed by atoms with Crippen molar-refractivity contribution in [2.24, 2.45) is 0 Å². The first-order valence-corrected chi connectivity index (χ1v) is 10.4. The van der Waals surface area contributed by atoms with Crippen LogP contribution in [0.4, 0.5) is 10.1 Å². The second-order valence-corrected chi connectivity index (χ2v) is 8.14. The molecule has 0 radical (unpaired) electrons. The monoisotopic (exact) mass is 436 g/mol. The van der Waals surface area contributed by atoms with Crippen LogP contribution in [-0.4, -0.2) is 31.7 Å². The maximum absolute atomic E-state index is 14.7. The Bertz CT molecular complexity index is 1320. The van der Waals surface area contributed by atoms with E-state index in [2.05, 4.69) is 32.1 Å². The van der Waals surface area contributed by atoms with Gasteiger partial charge < -0.3 is 10.1 Å². The summed E-state index contributed by atoms with van der Waals surface area (Å²) in [6, 6.07) is 5.12. The number of thioether (sulfide) groups is 1. The lowest BCUT2D eigenvalue weighted by molar-refractivity contribution is 0.413. The molecular formula is C22H21FN6OS. The Morgan fingerprint density at radius 3 is 2.90 bits per heavy atom. The minimum absolute atomic E-state index is 0.179. The number of nitrogens with one attached hydrogen (secondary N) is 1. The largest absolute Gasteiger partial charge is 0.495 e. The van der Waals surface area contributed by atoms with Gasteiger partial charge in [0.2, 0.25) is 0 Å². The Kier molecular flexibility index (Phi) is 5.85. The summed E-state index contributed by atoms with van der Waals surface area (Å²) in [7, 11) is 1.59. The number of methoxy groups -OCH3 is 1. The zero-order chi connectivity index (χ0) is 22.0. The van der Waals surface area contributed by atoms with Gasteiger partial charge in [0.1, 0.15) is 11.3 Å². The summed E-state index contributed by atoms with van der Waals surface area (Å²) in [6.07, 6.45) is 7.11. The second kappa shape index (κ2) is 8.73. The second-order valence-electron chi connectivity index (χ2n) is 6.80. The van der Waals surface area contributed by atoms with E-state index in [0.717, 1.165) is 21.1 Å². The van der Waals surface area contributed by atoms with Crippen LogP contribution in [0.1, 0.15) is 25.2 Å². The number of allylic oxidation sites excluding steroid dienone is 2. The predicted molar refractivity (Wildman–Crippen MR) is 122 cm³/mol. The van der Waals surface area contributed by atoms with E-state index in [1.807, 2.05) is 38.3 Å². The maximum atomic E-state index is 14.7. The number of fused-ring (bicyclic) bond motifs is 2. The number of nitrogens with zero attached hydrogens (tertiary/aromatic N) is 5. The molecule has 4 aromatic rings. The van der Waals surface area contributed by atoms with Crippen molar-refractivity contribution in [1.82, 2.24) is 24.6 Å². The molecule has 0 spiro atoms. The average molecular weight is 437 g/mol. The summed E-state index contributed by atoms with van der Waals surface area (Å²) in [6.45, 7) is 8.09. The number of hydrogen-bond acceptors (Lipinski definition) is 7. The van der Waals surface area contributed by atoms with Gasteiger partial charge in [-0.3, -0.25) is 9.38 Å². The van der Waals surface area contributed by atoms with Crippen LogP contribution in [0.3, 0.4) is 0 Å². The summed E-state index contributed by atoms with van der Waals surface area (Å²) >= 11 is 1.50. The first kappa shape index (κ1) is 20.8. The van der Waals surface area contributed by atoms with Gasteiger partial charge >= 0.3 is 0 Å². The van der Waals surface area contributed by atoms with E-state index < -0.39 is 5.82 Å². The van der Waals surface area contributed by atoms with E-state index in [0.29, 0.717) is 29.2 Å². The molecule has 7 nitrogen and oxygen atoms in total. The zero-order valence-corrected chi connectivity index (χ0v) is 18.2. The summed E-state index contributed by atoms with van der Waals surface area (Å²) in [5.74, 6) is 0.780. The van der Waals surface area contributed by atoms with Crippen molar-refractivity contribution in [1.29, 1.82) is 0 Å². The van der Waals surface area contributed by atoms with E-state index in [-0.39, 0.29) is 5.65 Å². The fraction of sp³-hybridized carbons (Fsp3) is 0.182. The number of hydrogen-bond donors (Lipinski definition) is 1. The highest BCUT2D eigenvalue weighted by atomic mass is 32.2. The maximum Gasteiger partial charge on any atom is 0.196 e. The van der Waals surface area contributed by atoms with Gasteiger partial charge in [-0.05, 0) is 30.9 Å². The summed E-state index contributed by atoms with van der Waals surface area (Å²) < 4.78 is 21.6. The van der Waals surface area contributed by atoms with Crippen LogP contribution in [0, 0.1) is 5.82 Å². The molecule has 158 valence electrons. The number of halogens is 1. The Labute approximate surface area is 183 Å². The van der Waals surface area contributed by atoms with Gasteiger partial charge in [-0.25, -0.2) is 9.37 Å². The Hall–Kier alpha value is -3.46. The number of ether oxygens (including phenoxy) is 1. The molecule has 0 bridgehead atoms. The third-order valence-electron chi connectivity index (χ3n) is 4.59. The molecular weight excluding hydrogens is 415 g/mol. The molecule has 9 heteroatoms. The molecule has 4 heterocycles. The average Bonchev–Trinajstić information content (AvgIpc) is 3.18. The first-order valence-electron chi connectivity index (χ1n) is 9.56. The van der Waals surface area contributed by atoms with Gasteiger partial charge in [0.05, 0.1) is 31.1 Å². The van der Waals surface area contributed by atoms with Crippen molar-refractivity contribution in [3.05, 3.63) is 71.6 Å². The lowest BCUT2D eigenvalue weighted by Crippen LogP contribution is -2.06. The molecule has 4 aromatic heterocycles. The number of pyridine rings is 3. The van der Waals surface area contributed by atoms with Crippen LogP contribution >= 0.6 is 11.8 Å². The molecule has 0 saturated heterocycles. The van der Waals surface area contributed by atoms with Gasteiger partial charge in [-0.1, -0.05) is 24.4 Å². The number of anilines is 1. The smallest absolute Gasteiger partial charge is 0.196 e. The third-order valence-corrected chi connectivity index (χ3v) is 5.63. The third kappa shape index (κ3) is 4.22. The minimum atomic E-state index is -0.430. The van der Waals surface area contributed by atoms with Gasteiger partial charge in [-0.15, -0.1) is 10.2 Å². The first-order chi connectivity index (χ1) is 15.0. The lowest BCUT2D eigenvalue weighted by atomic mass is 10.2. The molecule has 0 aliphatic carbocycles. The molecule has 0 atom stereocenters. The van der Waals surface area contributed by atoms with E-state index >= 15 is 0 Å². The number of rotatable bonds is 7. The topological polar surface area (TPSA) is 77.2 Å². The molecule has 31 heavy (non-hydrogen) atoms. The van der Waals surface area contributed by atoms with Crippen molar-refractivity contribution < 1.29 is 9.13 Å². The standard InChI is InChI=1S/C22H21FN6OS/c1-5-19(31-13(2)3)14-8-16(23)22-28-27-20(29(22)12-14)11-25-17-6-7-24-18-9-15(30-4)10-26-21(17)18/h5-10,12H,2,11H2,1,3-4H3,(H,24,25)/b19-5-. The van der Waals surface area contributed by atoms with Gasteiger partial charge in [0.15, 0.2) is 17.3 Å². The zero-order valence-electron chi connectivity index (χ0n) is 17.4. The molecule has 0 saturated carbocycles. The fourth-order valence-corrected chi connectivity index (χ4v) is 3.89. The van der Waals surface area contributed by atoms with Crippen LogP contribution < -0.4 is 10.1 Å². The molecule has 0 aromatic carbocycles. The van der Waals surface area contributed by atoms with Gasteiger partial charge in [0, 0.05) is 28.9 Å². The van der Waals surface area contributed by atoms with Crippen molar-refractivity contribution >= 4 is 39.0 Å². The van der Waals surface area contributed by atoms with Crippen molar-refractivity contribution in [2.75, 3.05) is 12.4 Å². The number of aromatic nitrogens is 5. The molecule has 0 aliphatic rings. The van der Waals surface area contributed by atoms with E-state index in [1.165, 1.54) is 17.8 Å². The van der Waals surface area contributed by atoms with Crippen molar-refractivity contribution in [3.63, 3.8) is 0 Å². The van der Waals surface area contributed by atoms with Crippen LogP contribution in [0.25, 0.3) is 21.6 Å². The highest BCUT2D eigenvalue weighted by molar-refractivity contribution is 8.11. The van der Waals surface area contributed by atoms with Crippen LogP contribution in [-0.2, 0) is 6.54 Å².